The van der Waals surface area contributed by atoms with Gasteiger partial charge in [0, 0.05) is 11.5 Å². The Balaban J connectivity index is 1.84. The van der Waals surface area contributed by atoms with Crippen LogP contribution in [-0.2, 0) is 0 Å². The fourth-order valence-corrected chi connectivity index (χ4v) is 3.82. The zero-order chi connectivity index (χ0) is 12.8. The summed E-state index contributed by atoms with van der Waals surface area (Å²) < 4.78 is 2.25. The molecule has 1 aliphatic heterocycles. The highest BCUT2D eigenvalue weighted by Crippen LogP contribution is 2.46. The zero-order valence-corrected chi connectivity index (χ0v) is 10.9. The molecule has 0 amide bonds. The summed E-state index contributed by atoms with van der Waals surface area (Å²) in [7, 11) is 0. The van der Waals surface area contributed by atoms with Gasteiger partial charge in [-0.2, -0.15) is 0 Å². The molecule has 1 fully saturated rings. The van der Waals surface area contributed by atoms with Crippen molar-refractivity contribution in [3.05, 3.63) is 42.4 Å². The highest BCUT2D eigenvalue weighted by Gasteiger charge is 2.38. The molecule has 3 heteroatoms. The van der Waals surface area contributed by atoms with Crippen LogP contribution in [0.4, 0.5) is 0 Å². The highest BCUT2D eigenvalue weighted by atomic mass is 16.3. The van der Waals surface area contributed by atoms with Crippen molar-refractivity contribution >= 4 is 0 Å². The van der Waals surface area contributed by atoms with Crippen LogP contribution >= 0.6 is 0 Å². The summed E-state index contributed by atoms with van der Waals surface area (Å²) in [5, 5.41) is 10.4. The van der Waals surface area contributed by atoms with Gasteiger partial charge < -0.3 is 9.67 Å². The van der Waals surface area contributed by atoms with E-state index in [0.29, 0.717) is 5.92 Å². The Kier molecular flexibility index (Phi) is 2.49. The molecular formula is C16H18N2O. The van der Waals surface area contributed by atoms with Crippen molar-refractivity contribution in [1.29, 1.82) is 0 Å². The quantitative estimate of drug-likeness (QED) is 0.849. The number of aliphatic hydroxyl groups excluding tert-OH is 1. The van der Waals surface area contributed by atoms with Crippen LogP contribution in [0.2, 0.25) is 0 Å². The molecule has 2 aliphatic rings. The van der Waals surface area contributed by atoms with E-state index in [2.05, 4.69) is 33.8 Å². The molecule has 0 spiro atoms. The molecule has 2 aromatic rings. The minimum Gasteiger partial charge on any atom is -0.393 e. The van der Waals surface area contributed by atoms with Crippen LogP contribution in [0.5, 0.6) is 0 Å². The van der Waals surface area contributed by atoms with E-state index >= 15 is 0 Å². The fraction of sp³-hybridized carbons (Fsp3) is 0.438. The summed E-state index contributed by atoms with van der Waals surface area (Å²) in [6, 6.07) is 8.81. The Morgan fingerprint density at radius 2 is 2.00 bits per heavy atom. The Labute approximate surface area is 112 Å². The maximum atomic E-state index is 10.4. The summed E-state index contributed by atoms with van der Waals surface area (Å²) in [5.41, 5.74) is 3.83. The summed E-state index contributed by atoms with van der Waals surface area (Å²) in [6.07, 6.45) is 8.11. The van der Waals surface area contributed by atoms with Crippen LogP contribution in [0.15, 0.2) is 36.8 Å². The number of fused-ring (bicyclic) bond motifs is 3. The lowest BCUT2D eigenvalue weighted by Crippen LogP contribution is -2.31. The molecule has 3 nitrogen and oxygen atoms in total. The van der Waals surface area contributed by atoms with E-state index in [1.165, 1.54) is 23.2 Å². The predicted molar refractivity (Wildman–Crippen MR) is 73.8 cm³/mol. The first kappa shape index (κ1) is 11.2. The van der Waals surface area contributed by atoms with Gasteiger partial charge in [0.25, 0.3) is 0 Å². The molecule has 0 saturated heterocycles. The second-order valence-electron chi connectivity index (χ2n) is 5.73. The molecule has 0 bridgehead atoms. The van der Waals surface area contributed by atoms with Crippen molar-refractivity contribution in [2.75, 3.05) is 0 Å². The van der Waals surface area contributed by atoms with Gasteiger partial charge in [0.15, 0.2) is 0 Å². The third-order valence-electron chi connectivity index (χ3n) is 4.71. The monoisotopic (exact) mass is 254 g/mol. The normalized spacial score (nSPS) is 29.0. The van der Waals surface area contributed by atoms with Crippen molar-refractivity contribution in [1.82, 2.24) is 9.55 Å². The van der Waals surface area contributed by atoms with Gasteiger partial charge in [-0.05, 0) is 18.4 Å². The first-order valence-electron chi connectivity index (χ1n) is 7.15. The zero-order valence-electron chi connectivity index (χ0n) is 10.9. The largest absolute Gasteiger partial charge is 0.393 e. The molecular weight excluding hydrogens is 236 g/mol. The summed E-state index contributed by atoms with van der Waals surface area (Å²) >= 11 is 0. The summed E-state index contributed by atoms with van der Waals surface area (Å²) in [4.78, 5) is 4.29. The molecule has 98 valence electrons. The molecule has 0 radical (unpaired) electrons. The number of aromatic nitrogens is 2. The molecule has 4 rings (SSSR count). The SMILES string of the molecule is O[C@@H]1CCCCC1[C@H]1c2ccccc2-c2cncn21. The van der Waals surface area contributed by atoms with Crippen LogP contribution in [-0.4, -0.2) is 20.8 Å². The second-order valence-corrected chi connectivity index (χ2v) is 5.73. The first-order chi connectivity index (χ1) is 9.36. The average molecular weight is 254 g/mol. The summed E-state index contributed by atoms with van der Waals surface area (Å²) in [5.74, 6) is 0.324. The molecule has 1 aromatic carbocycles. The van der Waals surface area contributed by atoms with E-state index in [9.17, 15) is 5.11 Å². The number of rotatable bonds is 1. The van der Waals surface area contributed by atoms with E-state index in [-0.39, 0.29) is 12.1 Å². The van der Waals surface area contributed by atoms with E-state index in [4.69, 9.17) is 0 Å². The summed E-state index contributed by atoms with van der Waals surface area (Å²) in [6.45, 7) is 0. The van der Waals surface area contributed by atoms with Gasteiger partial charge in [0.1, 0.15) is 0 Å². The van der Waals surface area contributed by atoms with Crippen LogP contribution in [0.3, 0.4) is 0 Å². The van der Waals surface area contributed by atoms with Gasteiger partial charge >= 0.3 is 0 Å². The average Bonchev–Trinajstić information content (AvgIpc) is 3.00. The van der Waals surface area contributed by atoms with E-state index in [0.717, 1.165) is 19.3 Å². The van der Waals surface area contributed by atoms with Gasteiger partial charge in [-0.25, -0.2) is 4.98 Å². The van der Waals surface area contributed by atoms with E-state index in [1.807, 2.05) is 12.5 Å². The first-order valence-corrected chi connectivity index (χ1v) is 7.15. The van der Waals surface area contributed by atoms with Gasteiger partial charge in [-0.1, -0.05) is 37.1 Å². The van der Waals surface area contributed by atoms with Crippen molar-refractivity contribution in [2.45, 2.75) is 37.8 Å². The molecule has 19 heavy (non-hydrogen) atoms. The molecule has 1 saturated carbocycles. The Bertz CT molecular complexity index is 604. The molecule has 3 atom stereocenters. The third kappa shape index (κ3) is 1.58. The minimum atomic E-state index is -0.180. The van der Waals surface area contributed by atoms with E-state index in [1.54, 1.807) is 0 Å². The third-order valence-corrected chi connectivity index (χ3v) is 4.71. The molecule has 2 heterocycles. The maximum absolute atomic E-state index is 10.4. The van der Waals surface area contributed by atoms with Crippen molar-refractivity contribution in [3.8, 4) is 11.3 Å². The van der Waals surface area contributed by atoms with Gasteiger partial charge in [-0.3, -0.25) is 0 Å². The maximum Gasteiger partial charge on any atom is 0.0956 e. The van der Waals surface area contributed by atoms with E-state index < -0.39 is 0 Å². The van der Waals surface area contributed by atoms with Gasteiger partial charge in [0.2, 0.25) is 0 Å². The second kappa shape index (κ2) is 4.20. The highest BCUT2D eigenvalue weighted by molar-refractivity contribution is 5.69. The minimum absolute atomic E-state index is 0.180. The molecule has 1 unspecified atom stereocenters. The fourth-order valence-electron chi connectivity index (χ4n) is 3.82. The van der Waals surface area contributed by atoms with Crippen molar-refractivity contribution in [2.24, 2.45) is 5.92 Å². The lowest BCUT2D eigenvalue weighted by molar-refractivity contribution is 0.0504. The van der Waals surface area contributed by atoms with Crippen molar-refractivity contribution in [3.63, 3.8) is 0 Å². The predicted octanol–water partition coefficient (Wildman–Crippen LogP) is 3.00. The van der Waals surface area contributed by atoms with Gasteiger partial charge in [-0.15, -0.1) is 0 Å². The number of nitrogens with zero attached hydrogens (tertiary/aromatic N) is 2. The number of benzene rings is 1. The topological polar surface area (TPSA) is 38.1 Å². The Morgan fingerprint density at radius 1 is 1.16 bits per heavy atom. The number of hydrogen-bond donors (Lipinski definition) is 1. The Morgan fingerprint density at radius 3 is 2.89 bits per heavy atom. The number of aliphatic hydroxyl groups is 1. The lowest BCUT2D eigenvalue weighted by atomic mass is 9.79. The lowest BCUT2D eigenvalue weighted by Gasteiger charge is -2.33. The molecule has 1 aromatic heterocycles. The molecule has 1 aliphatic carbocycles. The van der Waals surface area contributed by atoms with Crippen molar-refractivity contribution < 1.29 is 5.11 Å². The van der Waals surface area contributed by atoms with Crippen LogP contribution in [0.1, 0.15) is 37.3 Å². The van der Waals surface area contributed by atoms with Crippen LogP contribution in [0.25, 0.3) is 11.3 Å². The standard InChI is InChI=1S/C16H18N2O/c19-15-8-4-3-7-13(15)16-12-6-2-1-5-11(12)14-9-17-10-18(14)16/h1-2,5-6,9-10,13,15-16,19H,3-4,7-8H2/t13?,15-,16-/m1/s1. The Hall–Kier alpha value is -1.61. The van der Waals surface area contributed by atoms with Crippen LogP contribution < -0.4 is 0 Å². The number of imidazole rings is 1. The van der Waals surface area contributed by atoms with Crippen LogP contribution in [0, 0.1) is 5.92 Å². The molecule has 1 N–H and O–H groups in total. The number of hydrogen-bond acceptors (Lipinski definition) is 2. The smallest absolute Gasteiger partial charge is 0.0956 e. The van der Waals surface area contributed by atoms with Gasteiger partial charge in [0.05, 0.1) is 30.4 Å².